The van der Waals surface area contributed by atoms with Gasteiger partial charge in [-0.15, -0.1) is 11.3 Å². The Labute approximate surface area is 179 Å². The van der Waals surface area contributed by atoms with E-state index in [0.717, 1.165) is 37.5 Å². The lowest BCUT2D eigenvalue weighted by Crippen LogP contribution is -2.49. The van der Waals surface area contributed by atoms with Crippen LogP contribution in [0.1, 0.15) is 18.4 Å². The van der Waals surface area contributed by atoms with Gasteiger partial charge in [0.1, 0.15) is 0 Å². The normalized spacial score (nSPS) is 15.4. The van der Waals surface area contributed by atoms with E-state index in [-0.39, 0.29) is 5.75 Å². The topological polar surface area (TPSA) is 58.1 Å². The fourth-order valence-corrected chi connectivity index (χ4v) is 4.26. The molecular weight excluding hydrogens is 410 g/mol. The van der Waals surface area contributed by atoms with E-state index in [4.69, 9.17) is 4.74 Å². The smallest absolute Gasteiger partial charge is 0.387 e. The second-order valence-electron chi connectivity index (χ2n) is 6.97. The minimum atomic E-state index is -2.89. The maximum atomic E-state index is 12.6. The van der Waals surface area contributed by atoms with E-state index < -0.39 is 6.61 Å². The lowest BCUT2D eigenvalue weighted by atomic mass is 10.1. The van der Waals surface area contributed by atoms with Crippen molar-refractivity contribution in [1.29, 1.82) is 0 Å². The summed E-state index contributed by atoms with van der Waals surface area (Å²) in [4.78, 5) is 6.72. The number of anilines is 1. The van der Waals surface area contributed by atoms with Gasteiger partial charge in [0.2, 0.25) is 0 Å². The molecule has 3 rings (SSSR count). The van der Waals surface area contributed by atoms with E-state index >= 15 is 0 Å². The summed E-state index contributed by atoms with van der Waals surface area (Å²) < 4.78 is 34.8. The number of rotatable bonds is 8. The van der Waals surface area contributed by atoms with Gasteiger partial charge in [-0.25, -0.2) is 0 Å². The number of thiophene rings is 1. The van der Waals surface area contributed by atoms with Crippen molar-refractivity contribution in [2.75, 3.05) is 38.7 Å². The fourth-order valence-electron chi connectivity index (χ4n) is 3.47. The van der Waals surface area contributed by atoms with Crippen LogP contribution in [0.25, 0.3) is 0 Å². The Kier molecular flexibility index (Phi) is 8.12. The molecule has 0 spiro atoms. The summed E-state index contributed by atoms with van der Waals surface area (Å²) in [5, 5.41) is 10.2. The molecule has 1 aromatic carbocycles. The van der Waals surface area contributed by atoms with Crippen LogP contribution in [0.2, 0.25) is 0 Å². The molecule has 6 nitrogen and oxygen atoms in total. The number of hydrogen-bond acceptors (Lipinski definition) is 5. The highest BCUT2D eigenvalue weighted by atomic mass is 32.1. The van der Waals surface area contributed by atoms with E-state index in [1.165, 1.54) is 12.1 Å². The highest BCUT2D eigenvalue weighted by Crippen LogP contribution is 2.29. The fraction of sp³-hybridized carbons (Fsp3) is 0.476. The lowest BCUT2D eigenvalue weighted by Gasteiger charge is -2.33. The average molecular weight is 439 g/mol. The summed E-state index contributed by atoms with van der Waals surface area (Å²) >= 11 is 1.78. The Bertz CT molecular complexity index is 809. The molecule has 1 fully saturated rings. The molecule has 1 aliphatic rings. The quantitative estimate of drug-likeness (QED) is 0.486. The van der Waals surface area contributed by atoms with Crippen molar-refractivity contribution in [3.8, 4) is 11.5 Å². The van der Waals surface area contributed by atoms with Gasteiger partial charge in [-0.05, 0) is 54.5 Å². The molecular formula is C21H28F2N4O2S. The number of guanidine groups is 1. The van der Waals surface area contributed by atoms with Crippen molar-refractivity contribution >= 4 is 22.3 Å². The van der Waals surface area contributed by atoms with Gasteiger partial charge in [-0.1, -0.05) is 6.07 Å². The van der Waals surface area contributed by atoms with Crippen molar-refractivity contribution < 1.29 is 18.3 Å². The SMILES string of the molecule is CN=C(NCCc1ccc(OC)c(OC(F)F)c1)NC1CCN(c2cccs2)CC1. The molecule has 2 aromatic rings. The molecule has 0 amide bonds. The zero-order valence-electron chi connectivity index (χ0n) is 17.2. The first-order valence-corrected chi connectivity index (χ1v) is 10.8. The van der Waals surface area contributed by atoms with Crippen molar-refractivity contribution in [2.24, 2.45) is 4.99 Å². The first kappa shape index (κ1) is 22.1. The van der Waals surface area contributed by atoms with Crippen molar-refractivity contribution in [1.82, 2.24) is 10.6 Å². The molecule has 9 heteroatoms. The van der Waals surface area contributed by atoms with Crippen molar-refractivity contribution in [3.63, 3.8) is 0 Å². The molecule has 1 aliphatic heterocycles. The maximum Gasteiger partial charge on any atom is 0.387 e. The third-order valence-electron chi connectivity index (χ3n) is 5.03. The van der Waals surface area contributed by atoms with Gasteiger partial charge in [-0.3, -0.25) is 4.99 Å². The number of nitrogens with one attached hydrogen (secondary N) is 2. The van der Waals surface area contributed by atoms with Crippen LogP contribution in [-0.4, -0.2) is 52.4 Å². The van der Waals surface area contributed by atoms with Gasteiger partial charge in [0.25, 0.3) is 0 Å². The monoisotopic (exact) mass is 438 g/mol. The molecule has 0 saturated carbocycles. The molecule has 0 unspecified atom stereocenters. The van der Waals surface area contributed by atoms with E-state index in [9.17, 15) is 8.78 Å². The van der Waals surface area contributed by atoms with E-state index in [0.29, 0.717) is 24.8 Å². The number of nitrogens with zero attached hydrogens (tertiary/aromatic N) is 2. The highest BCUT2D eigenvalue weighted by Gasteiger charge is 2.20. The predicted molar refractivity (Wildman–Crippen MR) is 117 cm³/mol. The minimum absolute atomic E-state index is 0.0463. The molecule has 30 heavy (non-hydrogen) atoms. The summed E-state index contributed by atoms with van der Waals surface area (Å²) in [6.07, 6.45) is 2.73. The molecule has 1 saturated heterocycles. The van der Waals surface area contributed by atoms with Gasteiger partial charge < -0.3 is 25.0 Å². The summed E-state index contributed by atoms with van der Waals surface area (Å²) in [5.74, 6) is 1.09. The number of hydrogen-bond donors (Lipinski definition) is 2. The average Bonchev–Trinajstić information content (AvgIpc) is 3.28. The summed E-state index contributed by atoms with van der Waals surface area (Å²) in [5.41, 5.74) is 0.874. The second kappa shape index (κ2) is 11.0. The first-order chi connectivity index (χ1) is 14.6. The standard InChI is InChI=1S/C21H28F2N4O2S/c1-24-21(26-16-8-11-27(12-9-16)19-4-3-13-30-19)25-10-7-15-5-6-17(28-2)18(14-15)29-20(22)23/h3-6,13-14,16,20H,7-12H2,1-2H3,(H2,24,25,26). The first-order valence-electron chi connectivity index (χ1n) is 9.96. The van der Waals surface area contributed by atoms with E-state index in [2.05, 4.69) is 42.8 Å². The Morgan fingerprint density at radius 3 is 2.70 bits per heavy atom. The van der Waals surface area contributed by atoms with Gasteiger partial charge >= 0.3 is 6.61 Å². The third-order valence-corrected chi connectivity index (χ3v) is 5.96. The number of aliphatic imine (C=N–C) groups is 1. The zero-order valence-corrected chi connectivity index (χ0v) is 18.1. The van der Waals surface area contributed by atoms with Crippen LogP contribution in [0.5, 0.6) is 11.5 Å². The lowest BCUT2D eigenvalue weighted by molar-refractivity contribution is -0.0512. The highest BCUT2D eigenvalue weighted by molar-refractivity contribution is 7.14. The van der Waals surface area contributed by atoms with Crippen LogP contribution in [0.4, 0.5) is 13.8 Å². The molecule has 0 aliphatic carbocycles. The predicted octanol–water partition coefficient (Wildman–Crippen LogP) is 3.73. The molecule has 0 bridgehead atoms. The number of piperidine rings is 1. The Balaban J connectivity index is 1.45. The molecule has 0 radical (unpaired) electrons. The Hall–Kier alpha value is -2.55. The number of methoxy groups -OCH3 is 1. The number of halogens is 2. The minimum Gasteiger partial charge on any atom is -0.493 e. The maximum absolute atomic E-state index is 12.6. The van der Waals surface area contributed by atoms with Crippen LogP contribution in [0, 0.1) is 0 Å². The Morgan fingerprint density at radius 1 is 1.27 bits per heavy atom. The zero-order chi connectivity index (χ0) is 21.3. The Morgan fingerprint density at radius 2 is 2.07 bits per heavy atom. The molecule has 0 atom stereocenters. The van der Waals surface area contributed by atoms with Crippen LogP contribution in [-0.2, 0) is 6.42 Å². The van der Waals surface area contributed by atoms with E-state index in [1.54, 1.807) is 30.5 Å². The molecule has 2 N–H and O–H groups in total. The summed E-state index contributed by atoms with van der Waals surface area (Å²) in [6.45, 7) is -0.225. The summed E-state index contributed by atoms with van der Waals surface area (Å²) in [7, 11) is 3.17. The van der Waals surface area contributed by atoms with Crippen molar-refractivity contribution in [3.05, 3.63) is 41.3 Å². The van der Waals surface area contributed by atoms with Crippen LogP contribution in [0.15, 0.2) is 40.7 Å². The largest absolute Gasteiger partial charge is 0.493 e. The molecule has 164 valence electrons. The van der Waals surface area contributed by atoms with Gasteiger partial charge in [0, 0.05) is 32.7 Å². The molecule has 1 aromatic heterocycles. The number of benzene rings is 1. The van der Waals surface area contributed by atoms with Gasteiger partial charge in [0.15, 0.2) is 17.5 Å². The third kappa shape index (κ3) is 6.22. The number of ether oxygens (including phenoxy) is 2. The van der Waals surface area contributed by atoms with Crippen LogP contribution >= 0.6 is 11.3 Å². The molecule has 2 heterocycles. The summed E-state index contributed by atoms with van der Waals surface area (Å²) in [6, 6.07) is 9.69. The van der Waals surface area contributed by atoms with Gasteiger partial charge in [-0.2, -0.15) is 8.78 Å². The van der Waals surface area contributed by atoms with Crippen LogP contribution in [0.3, 0.4) is 0 Å². The number of alkyl halides is 2. The van der Waals surface area contributed by atoms with E-state index in [1.807, 2.05) is 6.07 Å². The van der Waals surface area contributed by atoms with Gasteiger partial charge in [0.05, 0.1) is 12.1 Å². The van der Waals surface area contributed by atoms with Crippen molar-refractivity contribution in [2.45, 2.75) is 31.9 Å². The van der Waals surface area contributed by atoms with Crippen LogP contribution < -0.4 is 25.0 Å². The second-order valence-corrected chi connectivity index (χ2v) is 7.90.